The van der Waals surface area contributed by atoms with Crippen molar-refractivity contribution in [2.45, 2.75) is 44.9 Å². The molecular formula is C25H29Cl2NO2. The zero-order valence-corrected chi connectivity index (χ0v) is 19.0. The van der Waals surface area contributed by atoms with Gasteiger partial charge in [0.05, 0.1) is 0 Å². The molecule has 2 aromatic rings. The molecule has 0 bridgehead atoms. The first kappa shape index (κ1) is 22.7. The number of hydrogen-bond acceptors (Lipinski definition) is 2. The first-order valence-corrected chi connectivity index (χ1v) is 11.1. The van der Waals surface area contributed by atoms with E-state index in [1.165, 1.54) is 5.56 Å². The second kappa shape index (κ2) is 9.45. The van der Waals surface area contributed by atoms with Crippen molar-refractivity contribution in [1.29, 1.82) is 0 Å². The Bertz CT molecular complexity index is 912. The van der Waals surface area contributed by atoms with E-state index in [0.717, 1.165) is 29.8 Å². The number of nitrogens with two attached hydrogens (primary N) is 1. The van der Waals surface area contributed by atoms with Crippen molar-refractivity contribution in [3.8, 4) is 5.75 Å². The quantitative estimate of drug-likeness (QED) is 0.479. The van der Waals surface area contributed by atoms with Gasteiger partial charge in [-0.1, -0.05) is 67.7 Å². The minimum atomic E-state index is -0.514. The Balaban J connectivity index is 2.02. The zero-order chi connectivity index (χ0) is 21.9. The number of amides is 1. The van der Waals surface area contributed by atoms with Gasteiger partial charge in [-0.25, -0.2) is 0 Å². The van der Waals surface area contributed by atoms with Crippen LogP contribution in [0.15, 0.2) is 55.1 Å². The average Bonchev–Trinajstić information content (AvgIpc) is 2.73. The molecule has 0 aliphatic heterocycles. The van der Waals surface area contributed by atoms with Crippen molar-refractivity contribution in [3.05, 3.63) is 76.3 Å². The van der Waals surface area contributed by atoms with Crippen LogP contribution in [0, 0.1) is 11.3 Å². The fourth-order valence-electron chi connectivity index (χ4n) is 5.05. The maximum absolute atomic E-state index is 11.0. The summed E-state index contributed by atoms with van der Waals surface area (Å²) in [6.07, 6.45) is 5.24. The van der Waals surface area contributed by atoms with Crippen molar-refractivity contribution in [2.75, 3.05) is 6.61 Å². The van der Waals surface area contributed by atoms with Gasteiger partial charge >= 0.3 is 0 Å². The van der Waals surface area contributed by atoms with Gasteiger partial charge in [-0.15, -0.1) is 6.58 Å². The van der Waals surface area contributed by atoms with Crippen LogP contribution >= 0.6 is 23.2 Å². The molecule has 160 valence electrons. The highest BCUT2D eigenvalue weighted by molar-refractivity contribution is 6.31. The van der Waals surface area contributed by atoms with Crippen molar-refractivity contribution < 1.29 is 9.53 Å². The summed E-state index contributed by atoms with van der Waals surface area (Å²) in [7, 11) is 0. The standard InChI is InChI=1S/C25H29Cl2NO2/c1-4-21-24(16-6-8-17(26)9-7-16)20(12-13-25(21,3)5-2)19-11-10-18(14-22(19)27)30-15-23(28)29/h5-11,14,20-21,24H,2,4,12-13,15H2,1,3H3,(H2,28,29). The molecule has 0 heterocycles. The second-order valence-corrected chi connectivity index (χ2v) is 9.23. The van der Waals surface area contributed by atoms with Gasteiger partial charge in [0.25, 0.3) is 5.91 Å². The normalized spacial score (nSPS) is 26.2. The molecule has 30 heavy (non-hydrogen) atoms. The number of rotatable bonds is 7. The van der Waals surface area contributed by atoms with Gasteiger partial charge < -0.3 is 10.5 Å². The molecule has 2 N–H and O–H groups in total. The van der Waals surface area contributed by atoms with Crippen LogP contribution in [0.3, 0.4) is 0 Å². The summed E-state index contributed by atoms with van der Waals surface area (Å²) in [5, 5.41) is 1.39. The molecule has 5 heteroatoms. The molecule has 1 fully saturated rings. The lowest BCUT2D eigenvalue weighted by Gasteiger charge is -2.49. The first-order chi connectivity index (χ1) is 14.3. The van der Waals surface area contributed by atoms with Crippen LogP contribution in [0.5, 0.6) is 5.75 Å². The number of carbonyl (C=O) groups is 1. The largest absolute Gasteiger partial charge is 0.484 e. The van der Waals surface area contributed by atoms with E-state index in [-0.39, 0.29) is 17.9 Å². The number of halogens is 2. The van der Waals surface area contributed by atoms with Crippen LogP contribution in [0.2, 0.25) is 10.0 Å². The summed E-state index contributed by atoms with van der Waals surface area (Å²) in [5.74, 6) is 1.02. The average molecular weight is 446 g/mol. The number of primary amides is 1. The molecule has 2 aromatic carbocycles. The van der Waals surface area contributed by atoms with E-state index >= 15 is 0 Å². The number of hydrogen-bond donors (Lipinski definition) is 1. The van der Waals surface area contributed by atoms with E-state index in [1.54, 1.807) is 6.07 Å². The third-order valence-electron chi connectivity index (χ3n) is 6.62. The second-order valence-electron chi connectivity index (χ2n) is 8.39. The molecule has 0 aromatic heterocycles. The van der Waals surface area contributed by atoms with Gasteiger partial charge in [0, 0.05) is 10.0 Å². The number of carbonyl (C=O) groups excluding carboxylic acids is 1. The van der Waals surface area contributed by atoms with Crippen LogP contribution in [-0.2, 0) is 4.79 Å². The summed E-state index contributed by atoms with van der Waals surface area (Å²) < 4.78 is 5.42. The molecule has 3 rings (SSSR count). The first-order valence-electron chi connectivity index (χ1n) is 10.4. The van der Waals surface area contributed by atoms with Gasteiger partial charge in [0.15, 0.2) is 6.61 Å². The van der Waals surface area contributed by atoms with Crippen molar-refractivity contribution >= 4 is 29.1 Å². The Labute approximate surface area is 189 Å². The maximum atomic E-state index is 11.0. The van der Waals surface area contributed by atoms with E-state index < -0.39 is 5.91 Å². The Hall–Kier alpha value is -1.97. The third-order valence-corrected chi connectivity index (χ3v) is 7.20. The molecule has 0 spiro atoms. The predicted octanol–water partition coefficient (Wildman–Crippen LogP) is 6.74. The lowest BCUT2D eigenvalue weighted by Crippen LogP contribution is -2.38. The molecule has 1 saturated carbocycles. The summed E-state index contributed by atoms with van der Waals surface area (Å²) in [5.41, 5.74) is 7.61. The summed E-state index contributed by atoms with van der Waals surface area (Å²) in [6, 6.07) is 13.9. The number of ether oxygens (including phenoxy) is 1. The highest BCUT2D eigenvalue weighted by Gasteiger charge is 2.45. The molecule has 0 saturated heterocycles. The van der Waals surface area contributed by atoms with Crippen LogP contribution in [0.1, 0.15) is 56.1 Å². The van der Waals surface area contributed by atoms with Crippen molar-refractivity contribution in [2.24, 2.45) is 17.1 Å². The fourth-order valence-corrected chi connectivity index (χ4v) is 5.48. The van der Waals surface area contributed by atoms with E-state index in [9.17, 15) is 4.79 Å². The smallest absolute Gasteiger partial charge is 0.255 e. The van der Waals surface area contributed by atoms with Gasteiger partial charge in [-0.3, -0.25) is 4.79 Å². The number of allylic oxidation sites excluding steroid dienone is 1. The lowest BCUT2D eigenvalue weighted by atomic mass is 9.55. The summed E-state index contributed by atoms with van der Waals surface area (Å²) in [6.45, 7) is 8.56. The van der Waals surface area contributed by atoms with Gasteiger partial charge in [0.1, 0.15) is 5.75 Å². The van der Waals surface area contributed by atoms with Crippen LogP contribution in [-0.4, -0.2) is 12.5 Å². The minimum Gasteiger partial charge on any atom is -0.484 e. The topological polar surface area (TPSA) is 52.3 Å². The van der Waals surface area contributed by atoms with E-state index in [2.05, 4.69) is 38.6 Å². The highest BCUT2D eigenvalue weighted by atomic mass is 35.5. The highest BCUT2D eigenvalue weighted by Crippen LogP contribution is 2.57. The third kappa shape index (κ3) is 4.68. The monoisotopic (exact) mass is 445 g/mol. The van der Waals surface area contributed by atoms with Crippen molar-refractivity contribution in [3.63, 3.8) is 0 Å². The van der Waals surface area contributed by atoms with Gasteiger partial charge in [-0.2, -0.15) is 0 Å². The van der Waals surface area contributed by atoms with Gasteiger partial charge in [-0.05, 0) is 71.4 Å². The Morgan fingerprint density at radius 3 is 2.53 bits per heavy atom. The molecular weight excluding hydrogens is 417 g/mol. The Kier molecular flexibility index (Phi) is 7.15. The molecule has 1 aliphatic rings. The van der Waals surface area contributed by atoms with E-state index in [4.69, 9.17) is 33.7 Å². The van der Waals surface area contributed by atoms with Crippen LogP contribution < -0.4 is 10.5 Å². The van der Waals surface area contributed by atoms with Gasteiger partial charge in [0.2, 0.25) is 0 Å². The van der Waals surface area contributed by atoms with Crippen LogP contribution in [0.25, 0.3) is 0 Å². The number of benzene rings is 2. The maximum Gasteiger partial charge on any atom is 0.255 e. The molecule has 0 radical (unpaired) electrons. The molecule has 4 unspecified atom stereocenters. The molecule has 4 atom stereocenters. The Morgan fingerprint density at radius 2 is 1.97 bits per heavy atom. The summed E-state index contributed by atoms with van der Waals surface area (Å²) in [4.78, 5) is 11.0. The van der Waals surface area contributed by atoms with Crippen LogP contribution in [0.4, 0.5) is 0 Å². The lowest BCUT2D eigenvalue weighted by molar-refractivity contribution is -0.119. The molecule has 1 amide bonds. The van der Waals surface area contributed by atoms with E-state index in [0.29, 0.717) is 22.6 Å². The predicted molar refractivity (Wildman–Crippen MR) is 124 cm³/mol. The minimum absolute atomic E-state index is 0.0621. The zero-order valence-electron chi connectivity index (χ0n) is 17.5. The molecule has 3 nitrogen and oxygen atoms in total. The Morgan fingerprint density at radius 1 is 1.27 bits per heavy atom. The molecule has 1 aliphatic carbocycles. The SMILES string of the molecule is C=CC1(C)CCC(c2ccc(OCC(N)=O)cc2Cl)C(c2ccc(Cl)cc2)C1CC. The van der Waals surface area contributed by atoms with E-state index in [1.807, 2.05) is 24.3 Å². The summed E-state index contributed by atoms with van der Waals surface area (Å²) >= 11 is 12.9. The van der Waals surface area contributed by atoms with Crippen molar-refractivity contribution in [1.82, 2.24) is 0 Å². The fraction of sp³-hybridized carbons (Fsp3) is 0.400.